The van der Waals surface area contributed by atoms with Gasteiger partial charge in [-0.15, -0.1) is 12.4 Å². The summed E-state index contributed by atoms with van der Waals surface area (Å²) < 4.78 is 5.43. The van der Waals surface area contributed by atoms with E-state index >= 15 is 0 Å². The van der Waals surface area contributed by atoms with E-state index in [4.69, 9.17) is 4.52 Å². The lowest BCUT2D eigenvalue weighted by atomic mass is 10.1. The van der Waals surface area contributed by atoms with Crippen LogP contribution < -0.4 is 5.32 Å². The lowest BCUT2D eigenvalue weighted by molar-refractivity contribution is -0.139. The molecule has 27 heavy (non-hydrogen) atoms. The zero-order valence-corrected chi connectivity index (χ0v) is 15.9. The Morgan fingerprint density at radius 3 is 2.56 bits per heavy atom. The summed E-state index contributed by atoms with van der Waals surface area (Å²) in [6.45, 7) is 3.01. The predicted octanol–water partition coefficient (Wildman–Crippen LogP) is 1.38. The molecule has 0 bridgehead atoms. The van der Waals surface area contributed by atoms with E-state index in [0.717, 1.165) is 30.8 Å². The van der Waals surface area contributed by atoms with Crippen LogP contribution in [0.4, 0.5) is 0 Å². The number of halogens is 1. The number of benzene rings is 1. The summed E-state index contributed by atoms with van der Waals surface area (Å²) in [6, 6.07) is 7.62. The van der Waals surface area contributed by atoms with Gasteiger partial charge in [0, 0.05) is 38.0 Å². The maximum atomic E-state index is 11.7. The minimum Gasteiger partial charge on any atom is -0.334 e. The molecule has 144 valence electrons. The molecule has 4 rings (SSSR count). The highest BCUT2D eigenvalue weighted by Gasteiger charge is 2.29. The first-order valence-electron chi connectivity index (χ1n) is 8.79. The molecule has 1 atom stereocenters. The molecule has 0 radical (unpaired) electrons. The first-order valence-corrected chi connectivity index (χ1v) is 8.79. The van der Waals surface area contributed by atoms with Crippen LogP contribution in [0, 0.1) is 0 Å². The van der Waals surface area contributed by atoms with Crippen LogP contribution in [0.3, 0.4) is 0 Å². The summed E-state index contributed by atoms with van der Waals surface area (Å²) in [5, 5.41) is 7.47. The van der Waals surface area contributed by atoms with Crippen LogP contribution in [0.1, 0.15) is 30.3 Å². The van der Waals surface area contributed by atoms with Crippen LogP contribution in [-0.4, -0.2) is 58.4 Å². The van der Waals surface area contributed by atoms with E-state index in [1.54, 1.807) is 0 Å². The molecule has 2 fully saturated rings. The highest BCUT2D eigenvalue weighted by molar-refractivity contribution is 6.01. The second kappa shape index (κ2) is 8.16. The van der Waals surface area contributed by atoms with E-state index < -0.39 is 0 Å². The molecule has 1 N–H and O–H groups in total. The molecule has 2 aliphatic rings. The number of aromatic nitrogens is 2. The highest BCUT2D eigenvalue weighted by atomic mass is 35.5. The number of hydrogen-bond acceptors (Lipinski definition) is 7. The van der Waals surface area contributed by atoms with Gasteiger partial charge in [-0.3, -0.25) is 19.4 Å². The third-order valence-electron chi connectivity index (χ3n) is 4.95. The van der Waals surface area contributed by atoms with E-state index in [1.807, 2.05) is 24.3 Å². The Labute approximate surface area is 163 Å². The molecule has 2 saturated heterocycles. The van der Waals surface area contributed by atoms with Gasteiger partial charge in [0.15, 0.2) is 5.82 Å². The Kier molecular flexibility index (Phi) is 5.88. The lowest BCUT2D eigenvalue weighted by Crippen LogP contribution is -2.44. The number of likely N-dealkylation sites (N-methyl/N-ethyl adjacent to an activating group) is 1. The number of carbonyl (C=O) groups is 2. The molecular formula is C18H22ClN5O3. The molecule has 2 aliphatic heterocycles. The fourth-order valence-electron chi connectivity index (χ4n) is 3.32. The van der Waals surface area contributed by atoms with Crippen LogP contribution in [0.15, 0.2) is 28.8 Å². The van der Waals surface area contributed by atoms with E-state index in [-0.39, 0.29) is 30.3 Å². The van der Waals surface area contributed by atoms with E-state index in [0.29, 0.717) is 31.1 Å². The van der Waals surface area contributed by atoms with Crippen molar-refractivity contribution >= 4 is 24.2 Å². The van der Waals surface area contributed by atoms with Crippen LogP contribution in [0.25, 0.3) is 11.5 Å². The van der Waals surface area contributed by atoms with Crippen LogP contribution in [0.5, 0.6) is 0 Å². The third kappa shape index (κ3) is 4.02. The lowest BCUT2D eigenvalue weighted by Gasteiger charge is -2.30. The summed E-state index contributed by atoms with van der Waals surface area (Å²) in [7, 11) is 2.05. The zero-order valence-electron chi connectivity index (χ0n) is 15.1. The standard InChI is InChI=1S/C18H21N5O3.ClH/c1-22-9-8-19-10-14(22)17-20-18(26-21-17)13-4-2-12(3-5-13)11-23-15(24)6-7-16(23)25;/h2-5,14,19H,6-11H2,1H3;1H. The van der Waals surface area contributed by atoms with Gasteiger partial charge in [-0.05, 0) is 24.7 Å². The van der Waals surface area contributed by atoms with Gasteiger partial charge in [0.2, 0.25) is 11.8 Å². The van der Waals surface area contributed by atoms with Gasteiger partial charge < -0.3 is 9.84 Å². The van der Waals surface area contributed by atoms with E-state index in [2.05, 4.69) is 27.4 Å². The summed E-state index contributed by atoms with van der Waals surface area (Å²) in [6.07, 6.45) is 0.623. The number of rotatable bonds is 4. The number of likely N-dealkylation sites (tertiary alicyclic amines) is 1. The van der Waals surface area contributed by atoms with Crippen molar-refractivity contribution in [2.24, 2.45) is 0 Å². The monoisotopic (exact) mass is 391 g/mol. The van der Waals surface area contributed by atoms with Crippen molar-refractivity contribution in [1.82, 2.24) is 25.3 Å². The Hall–Kier alpha value is -2.29. The number of carbonyl (C=O) groups excluding carboxylic acids is 2. The maximum Gasteiger partial charge on any atom is 0.257 e. The molecule has 2 amide bonds. The molecule has 1 unspecified atom stereocenters. The van der Waals surface area contributed by atoms with Crippen LogP contribution in [-0.2, 0) is 16.1 Å². The number of nitrogens with one attached hydrogen (secondary N) is 1. The summed E-state index contributed by atoms with van der Waals surface area (Å²) in [5.74, 6) is 0.933. The fraction of sp³-hybridized carbons (Fsp3) is 0.444. The zero-order chi connectivity index (χ0) is 18.1. The predicted molar refractivity (Wildman–Crippen MR) is 100 cm³/mol. The van der Waals surface area contributed by atoms with Crippen molar-refractivity contribution in [3.8, 4) is 11.5 Å². The van der Waals surface area contributed by atoms with Gasteiger partial charge in [-0.25, -0.2) is 0 Å². The van der Waals surface area contributed by atoms with Crippen molar-refractivity contribution in [2.75, 3.05) is 26.7 Å². The van der Waals surface area contributed by atoms with Crippen LogP contribution in [0.2, 0.25) is 0 Å². The smallest absolute Gasteiger partial charge is 0.257 e. The van der Waals surface area contributed by atoms with Crippen molar-refractivity contribution in [3.05, 3.63) is 35.7 Å². The Bertz CT molecular complexity index is 807. The molecule has 1 aromatic carbocycles. The number of nitrogens with zero attached hydrogens (tertiary/aromatic N) is 4. The highest BCUT2D eigenvalue weighted by Crippen LogP contribution is 2.24. The molecule has 1 aromatic heterocycles. The van der Waals surface area contributed by atoms with Crippen molar-refractivity contribution in [3.63, 3.8) is 0 Å². The van der Waals surface area contributed by atoms with Gasteiger partial charge in [0.05, 0.1) is 12.6 Å². The molecule has 2 aromatic rings. The van der Waals surface area contributed by atoms with Crippen molar-refractivity contribution < 1.29 is 14.1 Å². The van der Waals surface area contributed by atoms with Crippen molar-refractivity contribution in [1.29, 1.82) is 0 Å². The third-order valence-corrected chi connectivity index (χ3v) is 4.95. The molecular weight excluding hydrogens is 370 g/mol. The molecule has 0 spiro atoms. The number of hydrogen-bond donors (Lipinski definition) is 1. The Balaban J connectivity index is 0.00000210. The number of piperazine rings is 1. The fourth-order valence-corrected chi connectivity index (χ4v) is 3.32. The Morgan fingerprint density at radius 2 is 1.89 bits per heavy atom. The second-order valence-corrected chi connectivity index (χ2v) is 6.73. The van der Waals surface area contributed by atoms with Crippen LogP contribution >= 0.6 is 12.4 Å². The Morgan fingerprint density at radius 1 is 1.19 bits per heavy atom. The summed E-state index contributed by atoms with van der Waals surface area (Å²) >= 11 is 0. The first-order chi connectivity index (χ1) is 12.6. The molecule has 0 aliphatic carbocycles. The normalized spacial score (nSPS) is 20.8. The molecule has 8 nitrogen and oxygen atoms in total. The maximum absolute atomic E-state index is 11.7. The van der Waals surface area contributed by atoms with Crippen molar-refractivity contribution in [2.45, 2.75) is 25.4 Å². The van der Waals surface area contributed by atoms with Gasteiger partial charge in [0.25, 0.3) is 5.89 Å². The van der Waals surface area contributed by atoms with E-state index in [9.17, 15) is 9.59 Å². The first kappa shape index (κ1) is 19.5. The molecule has 9 heteroatoms. The van der Waals surface area contributed by atoms with Gasteiger partial charge in [-0.2, -0.15) is 4.98 Å². The summed E-state index contributed by atoms with van der Waals surface area (Å²) in [5.41, 5.74) is 1.71. The topological polar surface area (TPSA) is 91.6 Å². The molecule has 3 heterocycles. The summed E-state index contributed by atoms with van der Waals surface area (Å²) in [4.78, 5) is 31.5. The quantitative estimate of drug-likeness (QED) is 0.787. The van der Waals surface area contributed by atoms with Gasteiger partial charge >= 0.3 is 0 Å². The second-order valence-electron chi connectivity index (χ2n) is 6.73. The molecule has 0 saturated carbocycles. The number of amides is 2. The van der Waals surface area contributed by atoms with Gasteiger partial charge in [0.1, 0.15) is 0 Å². The minimum atomic E-state index is -0.106. The number of imide groups is 1. The minimum absolute atomic E-state index is 0. The van der Waals surface area contributed by atoms with Gasteiger partial charge in [-0.1, -0.05) is 17.3 Å². The van der Waals surface area contributed by atoms with E-state index in [1.165, 1.54) is 4.90 Å². The SMILES string of the molecule is CN1CCNCC1c1noc(-c2ccc(CN3C(=O)CCC3=O)cc2)n1.Cl. The average molecular weight is 392 g/mol. The largest absolute Gasteiger partial charge is 0.334 e. The average Bonchev–Trinajstić information content (AvgIpc) is 3.25.